The van der Waals surface area contributed by atoms with Gasteiger partial charge in [0.05, 0.1) is 0 Å². The fourth-order valence-corrected chi connectivity index (χ4v) is 3.98. The predicted molar refractivity (Wildman–Crippen MR) is 124 cm³/mol. The highest BCUT2D eigenvalue weighted by atomic mass is 16.6. The summed E-state index contributed by atoms with van der Waals surface area (Å²) >= 11 is 0. The first-order chi connectivity index (χ1) is 15.0. The summed E-state index contributed by atoms with van der Waals surface area (Å²) in [6.07, 6.45) is -0.528. The number of rotatable bonds is 6. The van der Waals surface area contributed by atoms with Crippen LogP contribution in [0.5, 0.6) is 0 Å². The highest BCUT2D eigenvalue weighted by molar-refractivity contribution is 5.92. The number of methoxy groups -OCH3 is 1. The second-order valence-electron chi connectivity index (χ2n) is 7.82. The average molecular weight is 411 g/mol. The Hall–Kier alpha value is -3.43. The van der Waals surface area contributed by atoms with Gasteiger partial charge in [-0.15, -0.1) is 0 Å². The van der Waals surface area contributed by atoms with Gasteiger partial charge in [-0.2, -0.15) is 0 Å². The Morgan fingerprint density at radius 1 is 0.806 bits per heavy atom. The molecule has 156 valence electrons. The lowest BCUT2D eigenvalue weighted by atomic mass is 9.90. The predicted octanol–water partition coefficient (Wildman–Crippen LogP) is 6.34. The lowest BCUT2D eigenvalue weighted by Gasteiger charge is -2.30. The Labute approximate surface area is 183 Å². The SMILES string of the molecule is CO[C@](C)(C(=O)OC(c1ccccc1)c1ccccc1C)c1cccc2ccccc12. The Bertz CT molecular complexity index is 1190. The number of hydrogen-bond acceptors (Lipinski definition) is 3. The van der Waals surface area contributed by atoms with E-state index in [-0.39, 0.29) is 0 Å². The van der Waals surface area contributed by atoms with Crippen LogP contribution < -0.4 is 0 Å². The number of fused-ring (bicyclic) bond motifs is 1. The third kappa shape index (κ3) is 3.97. The molecule has 0 aliphatic heterocycles. The Kier molecular flexibility index (Phi) is 5.88. The summed E-state index contributed by atoms with van der Waals surface area (Å²) in [5.41, 5.74) is 2.47. The molecule has 4 aromatic carbocycles. The molecule has 31 heavy (non-hydrogen) atoms. The second-order valence-corrected chi connectivity index (χ2v) is 7.82. The van der Waals surface area contributed by atoms with Crippen molar-refractivity contribution in [2.75, 3.05) is 7.11 Å². The molecule has 3 heteroatoms. The van der Waals surface area contributed by atoms with Crippen molar-refractivity contribution < 1.29 is 14.3 Å². The van der Waals surface area contributed by atoms with E-state index < -0.39 is 17.7 Å². The molecule has 4 aromatic rings. The number of esters is 1. The molecule has 1 unspecified atom stereocenters. The van der Waals surface area contributed by atoms with E-state index in [9.17, 15) is 4.79 Å². The highest BCUT2D eigenvalue weighted by Crippen LogP contribution is 2.36. The molecule has 0 N–H and O–H groups in total. The maximum atomic E-state index is 13.7. The molecule has 0 aliphatic carbocycles. The number of carbonyl (C=O) groups is 1. The van der Waals surface area contributed by atoms with E-state index in [1.807, 2.05) is 104 Å². The third-order valence-electron chi connectivity index (χ3n) is 5.90. The fraction of sp³-hybridized carbons (Fsp3) is 0.179. The summed E-state index contributed by atoms with van der Waals surface area (Å²) in [6.45, 7) is 3.80. The number of benzene rings is 4. The molecule has 2 atom stereocenters. The molecule has 0 saturated heterocycles. The first-order valence-corrected chi connectivity index (χ1v) is 10.4. The minimum atomic E-state index is -1.25. The van der Waals surface area contributed by atoms with E-state index in [1.54, 1.807) is 14.0 Å². The number of aryl methyl sites for hydroxylation is 1. The molecule has 3 nitrogen and oxygen atoms in total. The quantitative estimate of drug-likeness (QED) is 0.348. The van der Waals surface area contributed by atoms with Crippen molar-refractivity contribution >= 4 is 16.7 Å². The summed E-state index contributed by atoms with van der Waals surface area (Å²) in [6, 6.07) is 31.7. The van der Waals surface area contributed by atoms with Gasteiger partial charge in [0, 0.05) is 12.7 Å². The molecule has 0 aliphatic rings. The minimum absolute atomic E-state index is 0.427. The van der Waals surface area contributed by atoms with E-state index in [0.29, 0.717) is 0 Å². The van der Waals surface area contributed by atoms with Crippen LogP contribution in [0, 0.1) is 6.92 Å². The van der Waals surface area contributed by atoms with Crippen LogP contribution in [0.4, 0.5) is 0 Å². The summed E-state index contributed by atoms with van der Waals surface area (Å²) in [5, 5.41) is 2.02. The van der Waals surface area contributed by atoms with Gasteiger partial charge in [0.15, 0.2) is 11.7 Å². The van der Waals surface area contributed by atoms with Crippen LogP contribution in [0.3, 0.4) is 0 Å². The number of carbonyl (C=O) groups excluding carboxylic acids is 1. The van der Waals surface area contributed by atoms with Gasteiger partial charge in [-0.25, -0.2) is 4.79 Å². The van der Waals surface area contributed by atoms with Crippen LogP contribution in [-0.2, 0) is 19.9 Å². The zero-order chi connectivity index (χ0) is 21.8. The van der Waals surface area contributed by atoms with E-state index in [0.717, 1.165) is 33.0 Å². The molecule has 0 spiro atoms. The largest absolute Gasteiger partial charge is 0.450 e. The van der Waals surface area contributed by atoms with Crippen molar-refractivity contribution in [3.63, 3.8) is 0 Å². The Morgan fingerprint density at radius 3 is 2.19 bits per heavy atom. The summed E-state index contributed by atoms with van der Waals surface area (Å²) in [4.78, 5) is 13.7. The van der Waals surface area contributed by atoms with Crippen molar-refractivity contribution in [1.29, 1.82) is 0 Å². The molecule has 0 aromatic heterocycles. The van der Waals surface area contributed by atoms with Crippen LogP contribution in [-0.4, -0.2) is 13.1 Å². The molecule has 0 fully saturated rings. The van der Waals surface area contributed by atoms with Crippen LogP contribution in [0.2, 0.25) is 0 Å². The summed E-state index contributed by atoms with van der Waals surface area (Å²) < 4.78 is 12.0. The molecule has 4 rings (SSSR count). The summed E-state index contributed by atoms with van der Waals surface area (Å²) in [5.74, 6) is -0.427. The normalized spacial score (nSPS) is 14.0. The van der Waals surface area contributed by atoms with E-state index >= 15 is 0 Å². The standard InChI is InChI=1S/C28H26O3/c1-20-12-7-9-17-23(20)26(22-14-5-4-6-15-22)31-27(29)28(2,30-3)25-19-11-16-21-13-8-10-18-24(21)25/h4-19,26H,1-3H3/t26?,28-/m0/s1. The molecular weight excluding hydrogens is 384 g/mol. The van der Waals surface area contributed by atoms with Gasteiger partial charge < -0.3 is 9.47 Å². The van der Waals surface area contributed by atoms with Gasteiger partial charge in [-0.3, -0.25) is 0 Å². The van der Waals surface area contributed by atoms with Crippen molar-refractivity contribution in [3.8, 4) is 0 Å². The third-order valence-corrected chi connectivity index (χ3v) is 5.90. The Balaban J connectivity index is 1.77. The molecule has 0 heterocycles. The van der Waals surface area contributed by atoms with Gasteiger partial charge in [0.1, 0.15) is 0 Å². The highest BCUT2D eigenvalue weighted by Gasteiger charge is 2.40. The van der Waals surface area contributed by atoms with Crippen LogP contribution in [0.15, 0.2) is 97.1 Å². The second kappa shape index (κ2) is 8.75. The van der Waals surface area contributed by atoms with Crippen LogP contribution in [0.25, 0.3) is 10.8 Å². The van der Waals surface area contributed by atoms with Crippen LogP contribution >= 0.6 is 0 Å². The Morgan fingerprint density at radius 2 is 1.45 bits per heavy atom. The zero-order valence-corrected chi connectivity index (χ0v) is 18.0. The van der Waals surface area contributed by atoms with E-state index in [4.69, 9.17) is 9.47 Å². The van der Waals surface area contributed by atoms with Crippen molar-refractivity contribution in [1.82, 2.24) is 0 Å². The maximum Gasteiger partial charge on any atom is 0.343 e. The maximum absolute atomic E-state index is 13.7. The molecule has 0 amide bonds. The monoisotopic (exact) mass is 410 g/mol. The lowest BCUT2D eigenvalue weighted by Crippen LogP contribution is -2.37. The average Bonchev–Trinajstić information content (AvgIpc) is 2.82. The fourth-order valence-electron chi connectivity index (χ4n) is 3.98. The van der Waals surface area contributed by atoms with Gasteiger partial charge >= 0.3 is 5.97 Å². The number of ether oxygens (including phenoxy) is 2. The molecule has 0 bridgehead atoms. The zero-order valence-electron chi connectivity index (χ0n) is 18.0. The lowest BCUT2D eigenvalue weighted by molar-refractivity contribution is -0.172. The van der Waals surface area contributed by atoms with E-state index in [2.05, 4.69) is 0 Å². The molecule has 0 radical (unpaired) electrons. The minimum Gasteiger partial charge on any atom is -0.450 e. The van der Waals surface area contributed by atoms with Gasteiger partial charge in [-0.1, -0.05) is 97.1 Å². The van der Waals surface area contributed by atoms with Gasteiger partial charge in [0.2, 0.25) is 0 Å². The van der Waals surface area contributed by atoms with Crippen LogP contribution in [0.1, 0.15) is 35.3 Å². The van der Waals surface area contributed by atoms with E-state index in [1.165, 1.54) is 0 Å². The summed E-state index contributed by atoms with van der Waals surface area (Å²) in [7, 11) is 1.55. The molecule has 0 saturated carbocycles. The number of hydrogen-bond donors (Lipinski definition) is 0. The van der Waals surface area contributed by atoms with Crippen molar-refractivity contribution in [2.45, 2.75) is 25.6 Å². The van der Waals surface area contributed by atoms with Gasteiger partial charge in [0.25, 0.3) is 0 Å². The van der Waals surface area contributed by atoms with Gasteiger partial charge in [-0.05, 0) is 41.3 Å². The van der Waals surface area contributed by atoms with Crippen molar-refractivity contribution in [2.24, 2.45) is 0 Å². The first-order valence-electron chi connectivity index (χ1n) is 10.4. The smallest absolute Gasteiger partial charge is 0.343 e. The first kappa shape index (κ1) is 20.8. The molecular formula is C28H26O3. The topological polar surface area (TPSA) is 35.5 Å². The van der Waals surface area contributed by atoms with Crippen molar-refractivity contribution in [3.05, 3.63) is 119 Å².